The maximum atomic E-state index is 9.12. The largest absolute Gasteiger partial charge is 0.490 e. The van der Waals surface area contributed by atoms with Crippen LogP contribution >= 0.6 is 0 Å². The van der Waals surface area contributed by atoms with Crippen molar-refractivity contribution in [2.24, 2.45) is 5.92 Å². The van der Waals surface area contributed by atoms with E-state index >= 15 is 0 Å². The lowest BCUT2D eigenvalue weighted by atomic mass is 10.1. The highest BCUT2D eigenvalue weighted by Crippen LogP contribution is 2.32. The number of nitrogens with one attached hydrogen (secondary N) is 1. The summed E-state index contributed by atoms with van der Waals surface area (Å²) in [5.74, 6) is 1.98. The second-order valence-corrected chi connectivity index (χ2v) is 5.35. The normalized spacial score (nSPS) is 12.0. The molecule has 116 valence electrons. The van der Waals surface area contributed by atoms with Crippen molar-refractivity contribution in [2.75, 3.05) is 13.2 Å². The molecule has 1 rings (SSSR count). The van der Waals surface area contributed by atoms with E-state index in [1.807, 2.05) is 32.0 Å². The molecule has 0 saturated carbocycles. The van der Waals surface area contributed by atoms with Crippen LogP contribution in [0.4, 0.5) is 0 Å². The van der Waals surface area contributed by atoms with E-state index in [1.54, 1.807) is 0 Å². The lowest BCUT2D eigenvalue weighted by Crippen LogP contribution is -2.21. The van der Waals surface area contributed by atoms with Crippen LogP contribution in [0.3, 0.4) is 0 Å². The molecule has 1 aromatic rings. The molecule has 1 atom stereocenters. The van der Waals surface area contributed by atoms with Gasteiger partial charge in [-0.25, -0.2) is 0 Å². The van der Waals surface area contributed by atoms with Crippen LogP contribution in [0, 0.1) is 17.2 Å². The molecule has 0 aliphatic rings. The van der Waals surface area contributed by atoms with Gasteiger partial charge < -0.3 is 14.8 Å². The van der Waals surface area contributed by atoms with Crippen molar-refractivity contribution in [3.63, 3.8) is 0 Å². The highest BCUT2D eigenvalue weighted by atomic mass is 16.5. The van der Waals surface area contributed by atoms with Gasteiger partial charge in [0, 0.05) is 12.1 Å². The molecule has 1 unspecified atom stereocenters. The molecular weight excluding hydrogens is 264 g/mol. The minimum atomic E-state index is -0.449. The van der Waals surface area contributed by atoms with Crippen LogP contribution in [0.15, 0.2) is 18.2 Å². The third-order valence-corrected chi connectivity index (χ3v) is 3.00. The van der Waals surface area contributed by atoms with Gasteiger partial charge in [0.1, 0.15) is 6.07 Å². The van der Waals surface area contributed by atoms with Crippen LogP contribution in [-0.4, -0.2) is 19.3 Å². The molecule has 0 fully saturated rings. The number of hydrogen-bond donors (Lipinski definition) is 1. The topological polar surface area (TPSA) is 54.3 Å². The van der Waals surface area contributed by atoms with Crippen LogP contribution in [-0.2, 0) is 6.54 Å². The van der Waals surface area contributed by atoms with Gasteiger partial charge in [-0.1, -0.05) is 32.9 Å². The van der Waals surface area contributed by atoms with Gasteiger partial charge in [-0.05, 0) is 31.9 Å². The van der Waals surface area contributed by atoms with Crippen LogP contribution in [0.1, 0.15) is 39.7 Å². The predicted molar refractivity (Wildman–Crippen MR) is 84.5 cm³/mol. The molecule has 1 N–H and O–H groups in total. The summed E-state index contributed by atoms with van der Waals surface area (Å²) in [4.78, 5) is 0. The first-order chi connectivity index (χ1) is 10.1. The minimum Gasteiger partial charge on any atom is -0.490 e. The van der Waals surface area contributed by atoms with Crippen LogP contribution in [0.25, 0.3) is 0 Å². The molecule has 1 aromatic carbocycles. The summed E-state index contributed by atoms with van der Waals surface area (Å²) >= 11 is 0. The van der Waals surface area contributed by atoms with Crippen molar-refractivity contribution in [2.45, 2.75) is 46.8 Å². The fourth-order valence-electron chi connectivity index (χ4n) is 1.94. The Kier molecular flexibility index (Phi) is 7.63. The van der Waals surface area contributed by atoms with Crippen molar-refractivity contribution in [3.8, 4) is 17.6 Å². The number of hydrogen-bond acceptors (Lipinski definition) is 4. The molecule has 0 saturated heterocycles. The molecule has 4 heteroatoms. The smallest absolute Gasteiger partial charge is 0.184 e. The summed E-state index contributed by atoms with van der Waals surface area (Å²) in [5, 5.41) is 12.5. The first-order valence-electron chi connectivity index (χ1n) is 7.63. The summed E-state index contributed by atoms with van der Waals surface area (Å²) in [6.07, 6.45) is 0.200. The predicted octanol–water partition coefficient (Wildman–Crippen LogP) is 3.51. The molecule has 0 aliphatic carbocycles. The standard InChI is InChI=1S/C17H26N2O2/c1-5-15(10-18)21-17-14(12-19-11-13(3)4)8-7-9-16(17)20-6-2/h7-9,13,15,19H,5-6,11-12H2,1-4H3. The van der Waals surface area contributed by atoms with Crippen molar-refractivity contribution in [1.82, 2.24) is 5.32 Å². The summed E-state index contributed by atoms with van der Waals surface area (Å²) in [5.41, 5.74) is 1.02. The Morgan fingerprint density at radius 2 is 2.05 bits per heavy atom. The van der Waals surface area contributed by atoms with E-state index in [4.69, 9.17) is 14.7 Å². The highest BCUT2D eigenvalue weighted by molar-refractivity contribution is 5.47. The average molecular weight is 290 g/mol. The Hall–Kier alpha value is -1.73. The number of nitriles is 1. The van der Waals surface area contributed by atoms with Crippen molar-refractivity contribution in [3.05, 3.63) is 23.8 Å². The molecule has 0 aliphatic heterocycles. The Labute approximate surface area is 128 Å². The van der Waals surface area contributed by atoms with Gasteiger partial charge in [0.15, 0.2) is 17.6 Å². The van der Waals surface area contributed by atoms with Gasteiger partial charge in [0.25, 0.3) is 0 Å². The first kappa shape index (κ1) is 17.3. The molecule has 4 nitrogen and oxygen atoms in total. The van der Waals surface area contributed by atoms with Crippen molar-refractivity contribution < 1.29 is 9.47 Å². The Balaban J connectivity index is 2.94. The highest BCUT2D eigenvalue weighted by Gasteiger charge is 2.15. The van der Waals surface area contributed by atoms with Gasteiger partial charge in [0.2, 0.25) is 0 Å². The molecule has 0 spiro atoms. The zero-order chi connectivity index (χ0) is 15.7. The second kappa shape index (κ2) is 9.25. The maximum Gasteiger partial charge on any atom is 0.184 e. The van der Waals surface area contributed by atoms with E-state index in [9.17, 15) is 0 Å². The minimum absolute atomic E-state index is 0.449. The molecule has 0 aromatic heterocycles. The van der Waals surface area contributed by atoms with E-state index in [2.05, 4.69) is 25.2 Å². The average Bonchev–Trinajstić information content (AvgIpc) is 2.46. The quantitative estimate of drug-likeness (QED) is 0.756. The summed E-state index contributed by atoms with van der Waals surface area (Å²) in [7, 11) is 0. The van der Waals surface area contributed by atoms with E-state index < -0.39 is 6.10 Å². The number of benzene rings is 1. The lowest BCUT2D eigenvalue weighted by molar-refractivity contribution is 0.229. The summed E-state index contributed by atoms with van der Waals surface area (Å²) in [6, 6.07) is 8.02. The van der Waals surface area contributed by atoms with E-state index in [1.165, 1.54) is 0 Å². The number of para-hydroxylation sites is 1. The molecule has 0 bridgehead atoms. The fraction of sp³-hybridized carbons (Fsp3) is 0.588. The fourth-order valence-corrected chi connectivity index (χ4v) is 1.94. The van der Waals surface area contributed by atoms with Gasteiger partial charge in [-0.3, -0.25) is 0 Å². The maximum absolute atomic E-state index is 9.12. The van der Waals surface area contributed by atoms with Crippen molar-refractivity contribution >= 4 is 0 Å². The monoisotopic (exact) mass is 290 g/mol. The van der Waals surface area contributed by atoms with E-state index in [-0.39, 0.29) is 0 Å². The second-order valence-electron chi connectivity index (χ2n) is 5.35. The first-order valence-corrected chi connectivity index (χ1v) is 7.63. The molecule has 0 amide bonds. The Bertz CT molecular complexity index is 466. The number of nitrogens with zero attached hydrogens (tertiary/aromatic N) is 1. The molecule has 0 heterocycles. The summed E-state index contributed by atoms with van der Waals surface area (Å²) < 4.78 is 11.5. The molecule has 0 radical (unpaired) electrons. The Morgan fingerprint density at radius 3 is 2.62 bits per heavy atom. The number of ether oxygens (including phenoxy) is 2. The van der Waals surface area contributed by atoms with E-state index in [0.29, 0.717) is 37.0 Å². The third-order valence-electron chi connectivity index (χ3n) is 3.00. The van der Waals surface area contributed by atoms with Gasteiger partial charge >= 0.3 is 0 Å². The van der Waals surface area contributed by atoms with Gasteiger partial charge in [-0.15, -0.1) is 0 Å². The SMILES string of the molecule is CCOc1cccc(CNCC(C)C)c1OC(C#N)CC. The van der Waals surface area contributed by atoms with Crippen LogP contribution < -0.4 is 14.8 Å². The van der Waals surface area contributed by atoms with Crippen LogP contribution in [0.5, 0.6) is 11.5 Å². The van der Waals surface area contributed by atoms with Crippen molar-refractivity contribution in [1.29, 1.82) is 5.26 Å². The zero-order valence-electron chi connectivity index (χ0n) is 13.5. The van der Waals surface area contributed by atoms with Gasteiger partial charge in [0.05, 0.1) is 6.61 Å². The van der Waals surface area contributed by atoms with Crippen LogP contribution in [0.2, 0.25) is 0 Å². The molecule has 21 heavy (non-hydrogen) atoms. The molecular formula is C17H26N2O2. The zero-order valence-corrected chi connectivity index (χ0v) is 13.5. The number of rotatable bonds is 9. The summed E-state index contributed by atoms with van der Waals surface area (Å²) in [6.45, 7) is 10.4. The lowest BCUT2D eigenvalue weighted by Gasteiger charge is -2.18. The van der Waals surface area contributed by atoms with E-state index in [0.717, 1.165) is 12.1 Å². The Morgan fingerprint density at radius 1 is 1.29 bits per heavy atom. The third kappa shape index (κ3) is 5.65. The van der Waals surface area contributed by atoms with Gasteiger partial charge in [-0.2, -0.15) is 5.26 Å².